The van der Waals surface area contributed by atoms with E-state index in [0.29, 0.717) is 13.1 Å². The molecule has 0 aliphatic carbocycles. The van der Waals surface area contributed by atoms with Crippen LogP contribution in [-0.2, 0) is 20.0 Å². The SMILES string of the molecule is O=C(NS(=O)(=O)c1cccc(S(=O)(=O)N2CCCC2)c1)c1csnn1. The molecule has 1 aliphatic rings. The van der Waals surface area contributed by atoms with Crippen molar-refractivity contribution in [2.24, 2.45) is 0 Å². The fourth-order valence-electron chi connectivity index (χ4n) is 2.38. The molecule has 0 unspecified atom stereocenters. The summed E-state index contributed by atoms with van der Waals surface area (Å²) in [6.45, 7) is 0.819. The maximum absolute atomic E-state index is 12.5. The third-order valence-corrected chi connectivity index (χ3v) is 7.37. The van der Waals surface area contributed by atoms with Crippen molar-refractivity contribution in [2.75, 3.05) is 13.1 Å². The Kier molecular flexibility index (Phi) is 4.86. The van der Waals surface area contributed by atoms with Crippen LogP contribution in [0.4, 0.5) is 0 Å². The van der Waals surface area contributed by atoms with E-state index in [1.54, 1.807) is 0 Å². The molecule has 1 aliphatic heterocycles. The Morgan fingerprint density at radius 2 is 1.80 bits per heavy atom. The molecule has 134 valence electrons. The molecule has 2 aromatic rings. The normalized spacial score (nSPS) is 16.0. The van der Waals surface area contributed by atoms with Gasteiger partial charge in [-0.1, -0.05) is 10.6 Å². The molecule has 0 saturated carbocycles. The lowest BCUT2D eigenvalue weighted by molar-refractivity contribution is 0.0976. The molecule has 1 amide bonds. The van der Waals surface area contributed by atoms with Crippen LogP contribution in [0.2, 0.25) is 0 Å². The molecule has 1 saturated heterocycles. The largest absolute Gasteiger partial charge is 0.286 e. The van der Waals surface area contributed by atoms with Gasteiger partial charge in [-0.2, -0.15) is 4.31 Å². The number of hydrogen-bond donors (Lipinski definition) is 1. The van der Waals surface area contributed by atoms with Crippen LogP contribution in [0.3, 0.4) is 0 Å². The van der Waals surface area contributed by atoms with Crippen LogP contribution in [0, 0.1) is 0 Å². The Balaban J connectivity index is 1.89. The number of carbonyl (C=O) groups excluding carboxylic acids is 1. The molecule has 2 heterocycles. The highest BCUT2D eigenvalue weighted by atomic mass is 32.2. The van der Waals surface area contributed by atoms with E-state index in [1.165, 1.54) is 27.9 Å². The quantitative estimate of drug-likeness (QED) is 0.769. The van der Waals surface area contributed by atoms with Crippen LogP contribution in [0.5, 0.6) is 0 Å². The van der Waals surface area contributed by atoms with E-state index in [4.69, 9.17) is 0 Å². The van der Waals surface area contributed by atoms with E-state index < -0.39 is 26.0 Å². The molecule has 0 bridgehead atoms. The third kappa shape index (κ3) is 3.71. The van der Waals surface area contributed by atoms with Gasteiger partial charge in [-0.25, -0.2) is 21.6 Å². The van der Waals surface area contributed by atoms with Crippen LogP contribution in [0.1, 0.15) is 23.3 Å². The lowest BCUT2D eigenvalue weighted by Gasteiger charge is -2.16. The second-order valence-electron chi connectivity index (χ2n) is 5.31. The minimum Gasteiger partial charge on any atom is -0.266 e. The minimum absolute atomic E-state index is 0.125. The van der Waals surface area contributed by atoms with Gasteiger partial charge >= 0.3 is 0 Å². The molecule has 12 heteroatoms. The number of aromatic nitrogens is 2. The molecule has 0 spiro atoms. The fourth-order valence-corrected chi connectivity index (χ4v) is 5.46. The number of benzene rings is 1. The zero-order chi connectivity index (χ0) is 18.1. The molecule has 1 aromatic carbocycles. The van der Waals surface area contributed by atoms with Crippen molar-refractivity contribution >= 4 is 37.5 Å². The Hall–Kier alpha value is -1.89. The van der Waals surface area contributed by atoms with Gasteiger partial charge in [-0.15, -0.1) is 5.10 Å². The van der Waals surface area contributed by atoms with Crippen molar-refractivity contribution < 1.29 is 21.6 Å². The second-order valence-corrected chi connectivity index (χ2v) is 9.54. The summed E-state index contributed by atoms with van der Waals surface area (Å²) in [5, 5.41) is 4.80. The van der Waals surface area contributed by atoms with E-state index in [9.17, 15) is 21.6 Å². The summed E-state index contributed by atoms with van der Waals surface area (Å²) in [4.78, 5) is 11.4. The van der Waals surface area contributed by atoms with E-state index in [0.717, 1.165) is 30.4 Å². The number of nitrogens with one attached hydrogen (secondary N) is 1. The van der Waals surface area contributed by atoms with Gasteiger partial charge in [0.15, 0.2) is 5.69 Å². The maximum atomic E-state index is 12.5. The van der Waals surface area contributed by atoms with Crippen LogP contribution in [-0.4, -0.2) is 49.7 Å². The summed E-state index contributed by atoms with van der Waals surface area (Å²) in [6.07, 6.45) is 1.55. The predicted molar refractivity (Wildman–Crippen MR) is 89.0 cm³/mol. The Bertz CT molecular complexity index is 980. The maximum Gasteiger partial charge on any atom is 0.286 e. The highest BCUT2D eigenvalue weighted by Gasteiger charge is 2.29. The van der Waals surface area contributed by atoms with Gasteiger partial charge < -0.3 is 0 Å². The Morgan fingerprint density at radius 1 is 1.12 bits per heavy atom. The molecular weight excluding hydrogens is 388 g/mol. The summed E-state index contributed by atoms with van der Waals surface area (Å²) in [6, 6.07) is 4.92. The number of carbonyl (C=O) groups is 1. The van der Waals surface area contributed by atoms with Crippen LogP contribution < -0.4 is 4.72 Å². The summed E-state index contributed by atoms with van der Waals surface area (Å²) in [7, 11) is -8.00. The van der Waals surface area contributed by atoms with Gasteiger partial charge in [0.05, 0.1) is 9.79 Å². The summed E-state index contributed by atoms with van der Waals surface area (Å²) in [5.41, 5.74) is -0.130. The van der Waals surface area contributed by atoms with Crippen molar-refractivity contribution in [1.82, 2.24) is 18.6 Å². The standard InChI is InChI=1S/C13H14N4O5S3/c18-13(12-9-23-16-14-12)15-24(19,20)10-4-3-5-11(8-10)25(21,22)17-6-1-2-7-17/h3-5,8-9H,1-2,6-7H2,(H,15,18). The summed E-state index contributed by atoms with van der Waals surface area (Å²) >= 11 is 0.908. The van der Waals surface area contributed by atoms with Crippen LogP contribution in [0.25, 0.3) is 0 Å². The average molecular weight is 402 g/mol. The first-order valence-electron chi connectivity index (χ1n) is 7.25. The Labute approximate surface area is 148 Å². The first-order valence-corrected chi connectivity index (χ1v) is 11.0. The zero-order valence-electron chi connectivity index (χ0n) is 12.8. The van der Waals surface area contributed by atoms with Crippen molar-refractivity contribution in [3.05, 3.63) is 35.3 Å². The molecule has 1 fully saturated rings. The number of sulfonamides is 2. The molecule has 9 nitrogen and oxygen atoms in total. The van der Waals surface area contributed by atoms with Crippen LogP contribution >= 0.6 is 11.5 Å². The first-order chi connectivity index (χ1) is 11.8. The van der Waals surface area contributed by atoms with Crippen molar-refractivity contribution in [3.8, 4) is 0 Å². The molecule has 1 N–H and O–H groups in total. The lowest BCUT2D eigenvalue weighted by Crippen LogP contribution is -2.31. The zero-order valence-corrected chi connectivity index (χ0v) is 15.3. The minimum atomic E-state index is -4.24. The van der Waals surface area contributed by atoms with Crippen molar-refractivity contribution in [3.63, 3.8) is 0 Å². The molecular formula is C13H14N4O5S3. The summed E-state index contributed by atoms with van der Waals surface area (Å²) < 4.78 is 56.5. The van der Waals surface area contributed by atoms with Gasteiger partial charge in [0.25, 0.3) is 15.9 Å². The highest BCUT2D eigenvalue weighted by Crippen LogP contribution is 2.23. The number of rotatable bonds is 5. The molecule has 0 atom stereocenters. The molecule has 3 rings (SSSR count). The third-order valence-electron chi connectivity index (χ3n) is 3.64. The van der Waals surface area contributed by atoms with Crippen molar-refractivity contribution in [2.45, 2.75) is 22.6 Å². The van der Waals surface area contributed by atoms with Gasteiger partial charge in [0.2, 0.25) is 10.0 Å². The summed E-state index contributed by atoms with van der Waals surface area (Å²) in [5.74, 6) is -0.929. The second kappa shape index (κ2) is 6.78. The fraction of sp³-hybridized carbons (Fsp3) is 0.308. The highest BCUT2D eigenvalue weighted by molar-refractivity contribution is 7.90. The Morgan fingerprint density at radius 3 is 2.44 bits per heavy atom. The van der Waals surface area contributed by atoms with Crippen LogP contribution in [0.15, 0.2) is 39.4 Å². The lowest BCUT2D eigenvalue weighted by atomic mass is 10.4. The first kappa shape index (κ1) is 17.9. The van der Waals surface area contributed by atoms with E-state index in [-0.39, 0.29) is 15.5 Å². The van der Waals surface area contributed by atoms with Gasteiger partial charge in [0, 0.05) is 18.5 Å². The number of nitrogens with zero attached hydrogens (tertiary/aromatic N) is 3. The molecule has 0 radical (unpaired) electrons. The smallest absolute Gasteiger partial charge is 0.266 e. The monoisotopic (exact) mass is 402 g/mol. The number of hydrogen-bond acceptors (Lipinski definition) is 8. The number of amides is 1. The van der Waals surface area contributed by atoms with E-state index >= 15 is 0 Å². The van der Waals surface area contributed by atoms with E-state index in [2.05, 4.69) is 9.59 Å². The van der Waals surface area contributed by atoms with E-state index in [1.807, 2.05) is 4.72 Å². The molecule has 1 aromatic heterocycles. The average Bonchev–Trinajstić information content (AvgIpc) is 3.28. The van der Waals surface area contributed by atoms with Gasteiger partial charge in [-0.3, -0.25) is 4.79 Å². The predicted octanol–water partition coefficient (Wildman–Crippen LogP) is 0.441. The topological polar surface area (TPSA) is 126 Å². The van der Waals surface area contributed by atoms with Gasteiger partial charge in [-0.05, 0) is 42.6 Å². The van der Waals surface area contributed by atoms with Crippen molar-refractivity contribution in [1.29, 1.82) is 0 Å². The molecule has 25 heavy (non-hydrogen) atoms. The van der Waals surface area contributed by atoms with Gasteiger partial charge in [0.1, 0.15) is 0 Å².